The van der Waals surface area contributed by atoms with E-state index in [2.05, 4.69) is 15.4 Å². The second-order valence-electron chi connectivity index (χ2n) is 9.94. The normalized spacial score (nSPS) is 17.3. The lowest BCUT2D eigenvalue weighted by atomic mass is 9.95. The molecule has 4 heterocycles. The summed E-state index contributed by atoms with van der Waals surface area (Å²) in [5.41, 5.74) is 8.24. The van der Waals surface area contributed by atoms with Crippen molar-refractivity contribution in [1.82, 2.24) is 34.8 Å². The van der Waals surface area contributed by atoms with Gasteiger partial charge in [-0.25, -0.2) is 4.98 Å². The van der Waals surface area contributed by atoms with Crippen molar-refractivity contribution in [3.8, 4) is 0 Å². The van der Waals surface area contributed by atoms with Crippen molar-refractivity contribution < 1.29 is 9.59 Å². The van der Waals surface area contributed by atoms with Gasteiger partial charge in [-0.3, -0.25) is 19.0 Å². The molecule has 3 aromatic heterocycles. The van der Waals surface area contributed by atoms with Gasteiger partial charge in [-0.15, -0.1) is 11.3 Å². The number of hydrogen-bond donors (Lipinski definition) is 1. The number of amides is 2. The maximum atomic E-state index is 13.7. The first-order valence-electron chi connectivity index (χ1n) is 12.6. The molecule has 1 N–H and O–H groups in total. The molecule has 0 bridgehead atoms. The van der Waals surface area contributed by atoms with E-state index in [1.807, 2.05) is 29.1 Å². The van der Waals surface area contributed by atoms with Crippen molar-refractivity contribution in [1.29, 1.82) is 0 Å². The number of nitrogens with one attached hydrogen (secondary N) is 1. The number of hydrogen-bond acceptors (Lipinski definition) is 6. The van der Waals surface area contributed by atoms with Gasteiger partial charge >= 0.3 is 0 Å². The number of nitrogens with zero attached hydrogens (tertiary/aromatic N) is 6. The minimum atomic E-state index is -0.122. The van der Waals surface area contributed by atoms with Crippen LogP contribution < -0.4 is 5.32 Å². The second-order valence-corrected chi connectivity index (χ2v) is 10.9. The third kappa shape index (κ3) is 4.17. The highest BCUT2D eigenvalue weighted by molar-refractivity contribution is 7.09. The van der Waals surface area contributed by atoms with Gasteiger partial charge in [0.2, 0.25) is 0 Å². The van der Waals surface area contributed by atoms with Crippen LogP contribution in [0.5, 0.6) is 0 Å². The Kier molecular flexibility index (Phi) is 5.70. The Balaban J connectivity index is 1.29. The minimum absolute atomic E-state index is 0.00962. The Bertz CT molecular complexity index is 1300. The molecular formula is C25H31N7O2S. The van der Waals surface area contributed by atoms with Crippen molar-refractivity contribution in [3.05, 3.63) is 50.0 Å². The van der Waals surface area contributed by atoms with Gasteiger partial charge in [-0.05, 0) is 45.4 Å². The standard InChI is InChI=1S/C25H31N7O2S/c1-15-21(35-14-26-15)10-12-32-20-9-11-31(13-18(20)22(29-32)24(33)27-16-7-8-16)25(34)23-17-5-3-4-6-19(17)28-30(23)2/h14,16H,3-13H2,1-2H3,(H,27,33). The molecule has 0 aromatic carbocycles. The minimum Gasteiger partial charge on any atom is -0.348 e. The molecular weight excluding hydrogens is 462 g/mol. The third-order valence-electron chi connectivity index (χ3n) is 7.47. The fourth-order valence-corrected chi connectivity index (χ4v) is 6.16. The molecule has 0 unspecified atom stereocenters. The average Bonchev–Trinajstić information content (AvgIpc) is 3.30. The number of fused-ring (bicyclic) bond motifs is 2. The van der Waals surface area contributed by atoms with Crippen LogP contribution >= 0.6 is 11.3 Å². The SMILES string of the molecule is Cc1ncsc1CCn1nc(C(=O)NC2CC2)c2c1CCN(C(=O)c1c3c(nn1C)CCCC3)C2. The van der Waals surface area contributed by atoms with Crippen LogP contribution in [0.4, 0.5) is 0 Å². The molecule has 9 nitrogen and oxygen atoms in total. The smallest absolute Gasteiger partial charge is 0.272 e. The lowest BCUT2D eigenvalue weighted by Crippen LogP contribution is -2.38. The van der Waals surface area contributed by atoms with E-state index in [0.717, 1.165) is 73.2 Å². The monoisotopic (exact) mass is 493 g/mol. The molecule has 0 radical (unpaired) electrons. The predicted molar refractivity (Wildman–Crippen MR) is 132 cm³/mol. The first kappa shape index (κ1) is 22.5. The van der Waals surface area contributed by atoms with Crippen molar-refractivity contribution in [2.24, 2.45) is 7.05 Å². The molecule has 35 heavy (non-hydrogen) atoms. The molecule has 2 aliphatic carbocycles. The van der Waals surface area contributed by atoms with E-state index in [1.165, 1.54) is 4.88 Å². The molecule has 1 fully saturated rings. The summed E-state index contributed by atoms with van der Waals surface area (Å²) in [6.07, 6.45) is 7.64. The van der Waals surface area contributed by atoms with Crippen molar-refractivity contribution in [2.45, 2.75) is 77.4 Å². The molecule has 3 aliphatic rings. The van der Waals surface area contributed by atoms with Crippen LogP contribution in [0.2, 0.25) is 0 Å². The van der Waals surface area contributed by atoms with Crippen molar-refractivity contribution in [3.63, 3.8) is 0 Å². The van der Waals surface area contributed by atoms with Crippen LogP contribution in [0.15, 0.2) is 5.51 Å². The quantitative estimate of drug-likeness (QED) is 0.569. The summed E-state index contributed by atoms with van der Waals surface area (Å²) in [5.74, 6) is -0.112. The molecule has 3 aromatic rings. The Hall–Kier alpha value is -3.01. The van der Waals surface area contributed by atoms with Gasteiger partial charge < -0.3 is 10.2 Å². The van der Waals surface area contributed by atoms with Crippen molar-refractivity contribution in [2.75, 3.05) is 6.54 Å². The van der Waals surface area contributed by atoms with Gasteiger partial charge in [-0.2, -0.15) is 10.2 Å². The molecule has 1 saturated carbocycles. The zero-order chi connectivity index (χ0) is 24.1. The van der Waals surface area contributed by atoms with E-state index >= 15 is 0 Å². The molecule has 0 spiro atoms. The van der Waals surface area contributed by atoms with E-state index in [4.69, 9.17) is 5.10 Å². The van der Waals surface area contributed by atoms with Crippen LogP contribution in [-0.2, 0) is 45.8 Å². The molecule has 0 saturated heterocycles. The van der Waals surface area contributed by atoms with Gasteiger partial charge in [0.25, 0.3) is 11.8 Å². The summed E-state index contributed by atoms with van der Waals surface area (Å²) >= 11 is 1.66. The summed E-state index contributed by atoms with van der Waals surface area (Å²) < 4.78 is 3.75. The maximum Gasteiger partial charge on any atom is 0.272 e. The van der Waals surface area contributed by atoms with Gasteiger partial charge in [0.05, 0.1) is 23.4 Å². The topological polar surface area (TPSA) is 97.9 Å². The Morgan fingerprint density at radius 3 is 2.74 bits per heavy atom. The number of thiazole rings is 1. The van der Waals surface area contributed by atoms with Crippen LogP contribution in [0.25, 0.3) is 0 Å². The number of aryl methyl sites for hydroxylation is 5. The van der Waals surface area contributed by atoms with E-state index in [-0.39, 0.29) is 17.9 Å². The van der Waals surface area contributed by atoms with Crippen LogP contribution in [0.1, 0.15) is 79.7 Å². The number of carbonyl (C=O) groups is 2. The highest BCUT2D eigenvalue weighted by Crippen LogP contribution is 2.29. The molecule has 10 heteroatoms. The van der Waals surface area contributed by atoms with Gasteiger partial charge in [0, 0.05) is 60.7 Å². The molecule has 184 valence electrons. The third-order valence-corrected chi connectivity index (χ3v) is 8.46. The molecule has 0 atom stereocenters. The number of aromatic nitrogens is 5. The summed E-state index contributed by atoms with van der Waals surface area (Å²) in [4.78, 5) is 34.3. The fraction of sp³-hybridized carbons (Fsp3) is 0.560. The largest absolute Gasteiger partial charge is 0.348 e. The highest BCUT2D eigenvalue weighted by atomic mass is 32.1. The van der Waals surface area contributed by atoms with E-state index in [0.29, 0.717) is 37.4 Å². The van der Waals surface area contributed by atoms with Crippen molar-refractivity contribution >= 4 is 23.2 Å². The van der Waals surface area contributed by atoms with Gasteiger partial charge in [0.15, 0.2) is 5.69 Å². The van der Waals surface area contributed by atoms with Crippen LogP contribution in [0.3, 0.4) is 0 Å². The summed E-state index contributed by atoms with van der Waals surface area (Å²) in [6.45, 7) is 3.74. The van der Waals surface area contributed by atoms with Crippen LogP contribution in [0, 0.1) is 6.92 Å². The molecule has 1 aliphatic heterocycles. The summed E-state index contributed by atoms with van der Waals surface area (Å²) in [6, 6.07) is 0.255. The molecule has 2 amide bonds. The second kappa shape index (κ2) is 8.89. The summed E-state index contributed by atoms with van der Waals surface area (Å²) in [5, 5.41) is 12.5. The fourth-order valence-electron chi connectivity index (χ4n) is 5.38. The average molecular weight is 494 g/mol. The number of rotatable bonds is 6. The lowest BCUT2D eigenvalue weighted by Gasteiger charge is -2.28. The Morgan fingerprint density at radius 1 is 1.14 bits per heavy atom. The number of carbonyl (C=O) groups excluding carboxylic acids is 2. The van der Waals surface area contributed by atoms with Gasteiger partial charge in [-0.1, -0.05) is 0 Å². The summed E-state index contributed by atoms with van der Waals surface area (Å²) in [7, 11) is 1.87. The highest BCUT2D eigenvalue weighted by Gasteiger charge is 2.34. The lowest BCUT2D eigenvalue weighted by molar-refractivity contribution is 0.0718. The van der Waals surface area contributed by atoms with Crippen LogP contribution in [-0.4, -0.2) is 53.8 Å². The predicted octanol–water partition coefficient (Wildman–Crippen LogP) is 2.59. The van der Waals surface area contributed by atoms with E-state index in [9.17, 15) is 9.59 Å². The first-order chi connectivity index (χ1) is 17.0. The maximum absolute atomic E-state index is 13.7. The Morgan fingerprint density at radius 2 is 1.97 bits per heavy atom. The Labute approximate surface area is 208 Å². The first-order valence-corrected chi connectivity index (χ1v) is 13.5. The molecule has 6 rings (SSSR count). The van der Waals surface area contributed by atoms with E-state index in [1.54, 1.807) is 16.0 Å². The zero-order valence-corrected chi connectivity index (χ0v) is 21.2. The van der Waals surface area contributed by atoms with Gasteiger partial charge in [0.1, 0.15) is 5.69 Å². The van der Waals surface area contributed by atoms with E-state index < -0.39 is 0 Å². The zero-order valence-electron chi connectivity index (χ0n) is 20.3.